The molecular formula is C9H18O3. The first-order valence-corrected chi connectivity index (χ1v) is 4.33. The van der Waals surface area contributed by atoms with Gasteiger partial charge in [0.15, 0.2) is 0 Å². The van der Waals surface area contributed by atoms with Crippen molar-refractivity contribution in [1.29, 1.82) is 0 Å². The molecule has 3 nitrogen and oxygen atoms in total. The van der Waals surface area contributed by atoms with Crippen molar-refractivity contribution < 1.29 is 14.3 Å². The third-order valence-electron chi connectivity index (χ3n) is 1.83. The predicted molar refractivity (Wildman–Crippen MR) is 46.9 cm³/mol. The van der Waals surface area contributed by atoms with Crippen molar-refractivity contribution in [1.82, 2.24) is 0 Å². The minimum atomic E-state index is -0.203. The summed E-state index contributed by atoms with van der Waals surface area (Å²) >= 11 is 0. The number of esters is 1. The Morgan fingerprint density at radius 2 is 2.17 bits per heavy atom. The largest absolute Gasteiger partial charge is 0.466 e. The zero-order valence-electron chi connectivity index (χ0n) is 8.13. The van der Waals surface area contributed by atoms with Gasteiger partial charge in [-0.25, -0.2) is 0 Å². The summed E-state index contributed by atoms with van der Waals surface area (Å²) in [5.41, 5.74) is 0. The SMILES string of the molecule is CCC(CCOC)COC(C)=O. The van der Waals surface area contributed by atoms with Crippen molar-refractivity contribution in [3.05, 3.63) is 0 Å². The highest BCUT2D eigenvalue weighted by Gasteiger charge is 2.07. The maximum atomic E-state index is 10.5. The first-order chi connectivity index (χ1) is 5.70. The van der Waals surface area contributed by atoms with Gasteiger partial charge in [-0.1, -0.05) is 6.92 Å². The number of rotatable bonds is 6. The van der Waals surface area contributed by atoms with Crippen molar-refractivity contribution >= 4 is 5.97 Å². The lowest BCUT2D eigenvalue weighted by Crippen LogP contribution is -2.13. The van der Waals surface area contributed by atoms with Gasteiger partial charge in [-0.15, -0.1) is 0 Å². The van der Waals surface area contributed by atoms with Crippen LogP contribution in [0.3, 0.4) is 0 Å². The van der Waals surface area contributed by atoms with Crippen LogP contribution >= 0.6 is 0 Å². The number of carbonyl (C=O) groups is 1. The van der Waals surface area contributed by atoms with Gasteiger partial charge in [-0.2, -0.15) is 0 Å². The van der Waals surface area contributed by atoms with Gasteiger partial charge in [-0.3, -0.25) is 4.79 Å². The molecule has 12 heavy (non-hydrogen) atoms. The highest BCUT2D eigenvalue weighted by molar-refractivity contribution is 5.65. The van der Waals surface area contributed by atoms with Crippen molar-refractivity contribution in [2.45, 2.75) is 26.7 Å². The molecule has 0 aromatic rings. The molecule has 0 heterocycles. The van der Waals surface area contributed by atoms with E-state index >= 15 is 0 Å². The molecule has 0 radical (unpaired) electrons. The molecule has 0 rings (SSSR count). The minimum absolute atomic E-state index is 0.203. The Balaban J connectivity index is 3.45. The van der Waals surface area contributed by atoms with Crippen LogP contribution in [0.1, 0.15) is 26.7 Å². The van der Waals surface area contributed by atoms with Gasteiger partial charge in [0.25, 0.3) is 0 Å². The molecule has 0 aliphatic carbocycles. The van der Waals surface area contributed by atoms with E-state index in [2.05, 4.69) is 6.92 Å². The molecule has 1 unspecified atom stereocenters. The average Bonchev–Trinajstić information content (AvgIpc) is 2.05. The first-order valence-electron chi connectivity index (χ1n) is 4.33. The molecule has 1 atom stereocenters. The molecule has 0 saturated heterocycles. The molecule has 0 aliphatic rings. The molecule has 72 valence electrons. The second kappa shape index (κ2) is 7.10. The third-order valence-corrected chi connectivity index (χ3v) is 1.83. The van der Waals surface area contributed by atoms with Gasteiger partial charge in [-0.05, 0) is 18.8 Å². The Morgan fingerprint density at radius 1 is 1.50 bits per heavy atom. The lowest BCUT2D eigenvalue weighted by Gasteiger charge is -2.13. The Kier molecular flexibility index (Phi) is 6.76. The summed E-state index contributed by atoms with van der Waals surface area (Å²) in [6.07, 6.45) is 1.98. The number of methoxy groups -OCH3 is 1. The van der Waals surface area contributed by atoms with Crippen LogP contribution in [-0.2, 0) is 14.3 Å². The maximum absolute atomic E-state index is 10.5. The monoisotopic (exact) mass is 174 g/mol. The van der Waals surface area contributed by atoms with E-state index in [0.29, 0.717) is 12.5 Å². The van der Waals surface area contributed by atoms with E-state index in [0.717, 1.165) is 19.4 Å². The first kappa shape index (κ1) is 11.4. The van der Waals surface area contributed by atoms with E-state index in [1.54, 1.807) is 7.11 Å². The normalized spacial score (nSPS) is 12.6. The summed E-state index contributed by atoms with van der Waals surface area (Å²) in [6.45, 7) is 4.78. The lowest BCUT2D eigenvalue weighted by atomic mass is 10.0. The highest BCUT2D eigenvalue weighted by atomic mass is 16.5. The van der Waals surface area contributed by atoms with Crippen molar-refractivity contribution in [2.75, 3.05) is 20.3 Å². The summed E-state index contributed by atoms with van der Waals surface area (Å²) in [4.78, 5) is 10.5. The number of ether oxygens (including phenoxy) is 2. The van der Waals surface area contributed by atoms with E-state index in [1.165, 1.54) is 6.92 Å². The highest BCUT2D eigenvalue weighted by Crippen LogP contribution is 2.08. The summed E-state index contributed by atoms with van der Waals surface area (Å²) in [5.74, 6) is 0.236. The third kappa shape index (κ3) is 6.16. The second-order valence-corrected chi connectivity index (χ2v) is 2.86. The summed E-state index contributed by atoms with van der Waals surface area (Å²) in [7, 11) is 1.68. The summed E-state index contributed by atoms with van der Waals surface area (Å²) in [6, 6.07) is 0. The Morgan fingerprint density at radius 3 is 2.58 bits per heavy atom. The van der Waals surface area contributed by atoms with Crippen LogP contribution < -0.4 is 0 Å². The Hall–Kier alpha value is -0.570. The maximum Gasteiger partial charge on any atom is 0.302 e. The van der Waals surface area contributed by atoms with Crippen LogP contribution in [0.4, 0.5) is 0 Å². The van der Waals surface area contributed by atoms with Gasteiger partial charge >= 0.3 is 5.97 Å². The molecule has 0 fully saturated rings. The van der Waals surface area contributed by atoms with Gasteiger partial charge in [0.2, 0.25) is 0 Å². The molecule has 0 amide bonds. The van der Waals surface area contributed by atoms with E-state index < -0.39 is 0 Å². The van der Waals surface area contributed by atoms with Crippen molar-refractivity contribution in [3.63, 3.8) is 0 Å². The van der Waals surface area contributed by atoms with Crippen LogP contribution in [0, 0.1) is 5.92 Å². The van der Waals surface area contributed by atoms with E-state index in [-0.39, 0.29) is 5.97 Å². The predicted octanol–water partition coefficient (Wildman–Crippen LogP) is 1.61. The number of carbonyl (C=O) groups excluding carboxylic acids is 1. The molecule has 0 spiro atoms. The molecule has 0 aliphatic heterocycles. The molecule has 0 saturated carbocycles. The summed E-state index contributed by atoms with van der Waals surface area (Å²) < 4.78 is 9.84. The number of hydrogen-bond acceptors (Lipinski definition) is 3. The smallest absolute Gasteiger partial charge is 0.302 e. The molecule has 0 N–H and O–H groups in total. The van der Waals surface area contributed by atoms with Crippen molar-refractivity contribution in [2.24, 2.45) is 5.92 Å². The fraction of sp³-hybridized carbons (Fsp3) is 0.889. The van der Waals surface area contributed by atoms with Gasteiger partial charge < -0.3 is 9.47 Å². The summed E-state index contributed by atoms with van der Waals surface area (Å²) in [5, 5.41) is 0. The van der Waals surface area contributed by atoms with Crippen LogP contribution in [0.2, 0.25) is 0 Å². The quantitative estimate of drug-likeness (QED) is 0.574. The Bertz CT molecular complexity index is 123. The van der Waals surface area contributed by atoms with E-state index in [1.807, 2.05) is 0 Å². The Labute approximate surface area is 74.0 Å². The standard InChI is InChI=1S/C9H18O3/c1-4-9(5-6-11-3)7-12-8(2)10/h9H,4-7H2,1-3H3. The molecule has 3 heteroatoms. The molecule has 0 aromatic carbocycles. The van der Waals surface area contributed by atoms with Gasteiger partial charge in [0, 0.05) is 20.6 Å². The molecular weight excluding hydrogens is 156 g/mol. The van der Waals surface area contributed by atoms with Gasteiger partial charge in [0.05, 0.1) is 6.61 Å². The fourth-order valence-corrected chi connectivity index (χ4v) is 0.925. The topological polar surface area (TPSA) is 35.5 Å². The average molecular weight is 174 g/mol. The van der Waals surface area contributed by atoms with E-state index in [4.69, 9.17) is 9.47 Å². The van der Waals surface area contributed by atoms with Crippen LogP contribution in [-0.4, -0.2) is 26.3 Å². The van der Waals surface area contributed by atoms with Crippen LogP contribution in [0.5, 0.6) is 0 Å². The fourth-order valence-electron chi connectivity index (χ4n) is 0.925. The van der Waals surface area contributed by atoms with Gasteiger partial charge in [0.1, 0.15) is 0 Å². The van der Waals surface area contributed by atoms with Crippen molar-refractivity contribution in [3.8, 4) is 0 Å². The molecule has 0 aromatic heterocycles. The van der Waals surface area contributed by atoms with Crippen LogP contribution in [0.25, 0.3) is 0 Å². The number of hydrogen-bond donors (Lipinski definition) is 0. The zero-order valence-corrected chi connectivity index (χ0v) is 8.13. The lowest BCUT2D eigenvalue weighted by molar-refractivity contribution is -0.142. The minimum Gasteiger partial charge on any atom is -0.466 e. The zero-order chi connectivity index (χ0) is 9.40. The molecule has 0 bridgehead atoms. The van der Waals surface area contributed by atoms with Crippen LogP contribution in [0.15, 0.2) is 0 Å². The second-order valence-electron chi connectivity index (χ2n) is 2.86. The van der Waals surface area contributed by atoms with E-state index in [9.17, 15) is 4.79 Å².